The zero-order valence-corrected chi connectivity index (χ0v) is 18.9. The van der Waals surface area contributed by atoms with Crippen molar-refractivity contribution < 1.29 is 22.0 Å². The van der Waals surface area contributed by atoms with Crippen LogP contribution >= 0.6 is 0 Å². The molecular formula is C24H26F5N5. The molecule has 0 atom stereocenters. The molecule has 3 aromatic rings. The fraction of sp³-hybridized carbons (Fsp3) is 0.417. The van der Waals surface area contributed by atoms with Gasteiger partial charge in [0.05, 0.1) is 11.1 Å². The van der Waals surface area contributed by atoms with Crippen molar-refractivity contribution in [2.75, 3.05) is 24.3 Å². The first-order valence-electron chi connectivity index (χ1n) is 11.1. The average Bonchev–Trinajstić information content (AvgIpc) is 2.79. The van der Waals surface area contributed by atoms with Crippen LogP contribution in [0.1, 0.15) is 36.8 Å². The number of para-hydroxylation sites is 1. The van der Waals surface area contributed by atoms with E-state index in [4.69, 9.17) is 0 Å². The van der Waals surface area contributed by atoms with Gasteiger partial charge in [-0.05, 0) is 43.9 Å². The number of anilines is 2. The van der Waals surface area contributed by atoms with Gasteiger partial charge in [0.25, 0.3) is 0 Å². The van der Waals surface area contributed by atoms with E-state index in [9.17, 15) is 22.0 Å². The number of alkyl halides is 3. The minimum atomic E-state index is -4.93. The summed E-state index contributed by atoms with van der Waals surface area (Å²) in [7, 11) is 3.86. The third-order valence-corrected chi connectivity index (χ3v) is 6.12. The second-order valence-electron chi connectivity index (χ2n) is 8.75. The summed E-state index contributed by atoms with van der Waals surface area (Å²) in [6.45, 7) is -0.0381. The van der Waals surface area contributed by atoms with Gasteiger partial charge in [-0.1, -0.05) is 18.2 Å². The topological polar surface area (TPSA) is 53.1 Å². The van der Waals surface area contributed by atoms with Gasteiger partial charge in [-0.15, -0.1) is 0 Å². The standard InChI is InChI=1S/C24H26F5N5/c1-34(2)22-17-5-3-4-6-19(17)32-23(33-22)31-16-10-8-15(9-11-16)30-13-14-7-12-18(24(27,28)29)21(26)20(14)25/h3-7,12,15-16,30H,8-11,13H2,1-2H3,(H,31,32,33)/t15-,16+. The van der Waals surface area contributed by atoms with Gasteiger partial charge >= 0.3 is 6.18 Å². The van der Waals surface area contributed by atoms with E-state index in [2.05, 4.69) is 20.6 Å². The summed E-state index contributed by atoms with van der Waals surface area (Å²) in [5.74, 6) is -1.93. The normalized spacial score (nSPS) is 18.8. The lowest BCUT2D eigenvalue weighted by Crippen LogP contribution is -2.37. The quantitative estimate of drug-likeness (QED) is 0.457. The van der Waals surface area contributed by atoms with Crippen molar-refractivity contribution in [3.63, 3.8) is 0 Å². The number of hydrogen-bond acceptors (Lipinski definition) is 5. The Hall–Kier alpha value is -3.01. The molecule has 34 heavy (non-hydrogen) atoms. The summed E-state index contributed by atoms with van der Waals surface area (Å²) in [6, 6.07) is 9.59. The smallest absolute Gasteiger partial charge is 0.362 e. The number of benzene rings is 2. The fourth-order valence-electron chi connectivity index (χ4n) is 4.29. The number of halogens is 5. The minimum Gasteiger partial charge on any atom is -0.362 e. The molecule has 0 amide bonds. The van der Waals surface area contributed by atoms with Crippen molar-refractivity contribution in [3.8, 4) is 0 Å². The maximum Gasteiger partial charge on any atom is 0.419 e. The van der Waals surface area contributed by atoms with Crippen LogP contribution in [-0.2, 0) is 12.7 Å². The van der Waals surface area contributed by atoms with Gasteiger partial charge in [-0.2, -0.15) is 18.2 Å². The van der Waals surface area contributed by atoms with Crippen LogP contribution in [0.5, 0.6) is 0 Å². The number of aromatic nitrogens is 2. The average molecular weight is 479 g/mol. The Labute approximate surface area is 194 Å². The molecule has 10 heteroatoms. The molecule has 4 rings (SSSR count). The summed E-state index contributed by atoms with van der Waals surface area (Å²) >= 11 is 0. The van der Waals surface area contributed by atoms with Gasteiger partial charge in [0, 0.05) is 43.7 Å². The van der Waals surface area contributed by atoms with Crippen molar-refractivity contribution in [3.05, 3.63) is 59.2 Å². The first-order valence-corrected chi connectivity index (χ1v) is 11.1. The van der Waals surface area contributed by atoms with Crippen molar-refractivity contribution >= 4 is 22.7 Å². The van der Waals surface area contributed by atoms with Crippen LogP contribution in [0.4, 0.5) is 33.7 Å². The number of rotatable bonds is 6. The van der Waals surface area contributed by atoms with E-state index in [1.165, 1.54) is 0 Å². The molecule has 1 aliphatic carbocycles. The van der Waals surface area contributed by atoms with E-state index < -0.39 is 23.4 Å². The highest BCUT2D eigenvalue weighted by molar-refractivity contribution is 5.90. The number of hydrogen-bond donors (Lipinski definition) is 2. The van der Waals surface area contributed by atoms with Gasteiger partial charge in [0.1, 0.15) is 5.82 Å². The molecule has 2 N–H and O–H groups in total. The van der Waals surface area contributed by atoms with Gasteiger partial charge in [-0.3, -0.25) is 0 Å². The molecule has 0 spiro atoms. The van der Waals surface area contributed by atoms with Crippen LogP contribution in [0, 0.1) is 11.6 Å². The van der Waals surface area contributed by atoms with Crippen LogP contribution in [-0.4, -0.2) is 36.1 Å². The first-order chi connectivity index (χ1) is 16.1. The monoisotopic (exact) mass is 479 g/mol. The first kappa shape index (κ1) is 24.1. The second-order valence-corrected chi connectivity index (χ2v) is 8.75. The van der Waals surface area contributed by atoms with E-state index in [1.54, 1.807) is 0 Å². The predicted molar refractivity (Wildman–Crippen MR) is 122 cm³/mol. The van der Waals surface area contributed by atoms with Crippen LogP contribution in [0.3, 0.4) is 0 Å². The zero-order chi connectivity index (χ0) is 24.5. The van der Waals surface area contributed by atoms with Gasteiger partial charge in [-0.25, -0.2) is 13.8 Å². The maximum absolute atomic E-state index is 14.1. The van der Waals surface area contributed by atoms with E-state index in [1.807, 2.05) is 43.3 Å². The summed E-state index contributed by atoms with van der Waals surface area (Å²) < 4.78 is 66.1. The number of nitrogens with zero attached hydrogens (tertiary/aromatic N) is 3. The zero-order valence-electron chi connectivity index (χ0n) is 18.9. The van der Waals surface area contributed by atoms with Crippen molar-refractivity contribution in [1.29, 1.82) is 0 Å². The third-order valence-electron chi connectivity index (χ3n) is 6.12. The van der Waals surface area contributed by atoms with Crippen LogP contribution in [0.15, 0.2) is 36.4 Å². The third kappa shape index (κ3) is 5.22. The molecule has 1 aromatic heterocycles. The lowest BCUT2D eigenvalue weighted by molar-refractivity contribution is -0.140. The highest BCUT2D eigenvalue weighted by Crippen LogP contribution is 2.33. The Bertz CT molecular complexity index is 1160. The van der Waals surface area contributed by atoms with Crippen molar-refractivity contribution in [2.24, 2.45) is 0 Å². The van der Waals surface area contributed by atoms with Crippen LogP contribution < -0.4 is 15.5 Å². The molecule has 182 valence electrons. The molecule has 1 heterocycles. The molecule has 0 unspecified atom stereocenters. The second kappa shape index (κ2) is 9.69. The summed E-state index contributed by atoms with van der Waals surface area (Å²) in [4.78, 5) is 11.2. The minimum absolute atomic E-state index is 0.0381. The molecule has 5 nitrogen and oxygen atoms in total. The van der Waals surface area contributed by atoms with Crippen LogP contribution in [0.2, 0.25) is 0 Å². The molecule has 0 aliphatic heterocycles. The fourth-order valence-corrected chi connectivity index (χ4v) is 4.29. The van der Waals surface area contributed by atoms with E-state index in [-0.39, 0.29) is 24.2 Å². The Kier molecular flexibility index (Phi) is 6.88. The Morgan fingerprint density at radius 2 is 1.59 bits per heavy atom. The molecule has 0 radical (unpaired) electrons. The lowest BCUT2D eigenvalue weighted by atomic mass is 9.91. The van der Waals surface area contributed by atoms with E-state index >= 15 is 0 Å². The molecule has 1 fully saturated rings. The largest absolute Gasteiger partial charge is 0.419 e. The summed E-state index contributed by atoms with van der Waals surface area (Å²) in [6.07, 6.45) is -1.75. The molecule has 2 aromatic carbocycles. The molecule has 0 saturated heterocycles. The molecule has 1 saturated carbocycles. The lowest BCUT2D eigenvalue weighted by Gasteiger charge is -2.30. The summed E-state index contributed by atoms with van der Waals surface area (Å²) in [5, 5.41) is 7.52. The predicted octanol–water partition coefficient (Wildman–Crippen LogP) is 5.51. The van der Waals surface area contributed by atoms with Crippen molar-refractivity contribution in [2.45, 2.75) is 50.5 Å². The van der Waals surface area contributed by atoms with Gasteiger partial charge in [0.15, 0.2) is 11.6 Å². The van der Waals surface area contributed by atoms with E-state index in [0.29, 0.717) is 12.0 Å². The SMILES string of the molecule is CN(C)c1nc(N[C@H]2CC[C@@H](NCc3ccc(C(F)(F)F)c(F)c3F)CC2)nc2ccccc12. The maximum atomic E-state index is 14.1. The molecular weight excluding hydrogens is 453 g/mol. The van der Waals surface area contributed by atoms with E-state index in [0.717, 1.165) is 48.5 Å². The van der Waals surface area contributed by atoms with Crippen molar-refractivity contribution in [1.82, 2.24) is 15.3 Å². The van der Waals surface area contributed by atoms with Gasteiger partial charge in [0.2, 0.25) is 5.95 Å². The molecule has 1 aliphatic rings. The number of nitrogens with one attached hydrogen (secondary N) is 2. The van der Waals surface area contributed by atoms with Gasteiger partial charge < -0.3 is 15.5 Å². The highest BCUT2D eigenvalue weighted by Gasteiger charge is 2.36. The Morgan fingerprint density at radius 1 is 0.912 bits per heavy atom. The Morgan fingerprint density at radius 3 is 2.26 bits per heavy atom. The highest BCUT2D eigenvalue weighted by atomic mass is 19.4. The number of fused-ring (bicyclic) bond motifs is 1. The van der Waals surface area contributed by atoms with Crippen LogP contribution in [0.25, 0.3) is 10.9 Å². The summed E-state index contributed by atoms with van der Waals surface area (Å²) in [5.41, 5.74) is -0.856. The Balaban J connectivity index is 1.34. The molecule has 0 bridgehead atoms.